The number of carbonyl (C=O) groups excluding carboxylic acids is 1. The van der Waals surface area contributed by atoms with E-state index in [4.69, 9.17) is 9.47 Å². The van der Waals surface area contributed by atoms with Gasteiger partial charge in [0.2, 0.25) is 0 Å². The van der Waals surface area contributed by atoms with E-state index in [-0.39, 0.29) is 5.91 Å². The lowest BCUT2D eigenvalue weighted by Crippen LogP contribution is -2.30. The molecule has 0 aromatic heterocycles. The summed E-state index contributed by atoms with van der Waals surface area (Å²) in [6.45, 7) is 4.27. The van der Waals surface area contributed by atoms with E-state index in [9.17, 15) is 4.79 Å². The number of para-hydroxylation sites is 1. The molecule has 0 aliphatic rings. The van der Waals surface area contributed by atoms with Gasteiger partial charge in [-0.05, 0) is 50.2 Å². The van der Waals surface area contributed by atoms with Crippen LogP contribution in [0.1, 0.15) is 13.8 Å². The quantitative estimate of drug-likeness (QED) is 0.883. The van der Waals surface area contributed by atoms with Crippen molar-refractivity contribution < 1.29 is 14.3 Å². The van der Waals surface area contributed by atoms with Crippen molar-refractivity contribution in [1.29, 1.82) is 0 Å². The van der Waals surface area contributed by atoms with E-state index in [0.29, 0.717) is 12.4 Å². The summed E-state index contributed by atoms with van der Waals surface area (Å²) in [6, 6.07) is 16.5. The van der Waals surface area contributed by atoms with Crippen LogP contribution >= 0.6 is 0 Å². The van der Waals surface area contributed by atoms with Crippen LogP contribution in [0, 0.1) is 0 Å². The normalized spacial score (nSPS) is 11.5. The molecule has 2 aromatic rings. The van der Waals surface area contributed by atoms with Crippen LogP contribution in [-0.4, -0.2) is 18.6 Å². The Kier molecular flexibility index (Phi) is 5.21. The molecule has 0 radical (unpaired) electrons. The number of ether oxygens (including phenoxy) is 2. The van der Waals surface area contributed by atoms with Crippen molar-refractivity contribution in [3.63, 3.8) is 0 Å². The molecular weight excluding hydrogens is 266 g/mol. The van der Waals surface area contributed by atoms with Gasteiger partial charge in [0.1, 0.15) is 11.5 Å². The minimum absolute atomic E-state index is 0.185. The molecule has 1 atom stereocenters. The highest BCUT2D eigenvalue weighted by Crippen LogP contribution is 2.19. The second-order valence-corrected chi connectivity index (χ2v) is 4.52. The van der Waals surface area contributed by atoms with Gasteiger partial charge in [0.05, 0.1) is 6.61 Å². The van der Waals surface area contributed by atoms with Gasteiger partial charge in [-0.25, -0.2) is 0 Å². The maximum atomic E-state index is 12.0. The van der Waals surface area contributed by atoms with Crippen molar-refractivity contribution in [3.8, 4) is 11.5 Å². The number of carbonyl (C=O) groups is 1. The van der Waals surface area contributed by atoms with Gasteiger partial charge in [-0.2, -0.15) is 0 Å². The van der Waals surface area contributed by atoms with E-state index < -0.39 is 6.10 Å². The van der Waals surface area contributed by atoms with E-state index in [1.807, 2.05) is 49.4 Å². The van der Waals surface area contributed by atoms with Crippen molar-refractivity contribution in [1.82, 2.24) is 0 Å². The van der Waals surface area contributed by atoms with Crippen LogP contribution in [0.5, 0.6) is 11.5 Å². The summed E-state index contributed by atoms with van der Waals surface area (Å²) in [7, 11) is 0. The van der Waals surface area contributed by atoms with Crippen LogP contribution in [0.3, 0.4) is 0 Å². The summed E-state index contributed by atoms with van der Waals surface area (Å²) in [5, 5.41) is 2.80. The number of benzene rings is 2. The Bertz CT molecular complexity index is 566. The summed E-state index contributed by atoms with van der Waals surface area (Å²) >= 11 is 0. The number of anilines is 1. The molecule has 1 amide bonds. The van der Waals surface area contributed by atoms with Gasteiger partial charge in [-0.15, -0.1) is 0 Å². The minimum atomic E-state index is -0.580. The molecule has 0 fully saturated rings. The van der Waals surface area contributed by atoms with Crippen LogP contribution in [0.15, 0.2) is 54.6 Å². The summed E-state index contributed by atoms with van der Waals surface area (Å²) in [5.74, 6) is 1.23. The van der Waals surface area contributed by atoms with Gasteiger partial charge in [-0.3, -0.25) is 4.79 Å². The van der Waals surface area contributed by atoms with E-state index >= 15 is 0 Å². The van der Waals surface area contributed by atoms with Crippen molar-refractivity contribution in [2.24, 2.45) is 0 Å². The summed E-state index contributed by atoms with van der Waals surface area (Å²) in [4.78, 5) is 12.0. The van der Waals surface area contributed by atoms with Gasteiger partial charge < -0.3 is 14.8 Å². The lowest BCUT2D eigenvalue weighted by Gasteiger charge is -2.15. The van der Waals surface area contributed by atoms with Crippen molar-refractivity contribution >= 4 is 11.6 Å². The largest absolute Gasteiger partial charge is 0.494 e. The third kappa shape index (κ3) is 4.53. The van der Waals surface area contributed by atoms with Crippen LogP contribution in [0.25, 0.3) is 0 Å². The number of amides is 1. The lowest BCUT2D eigenvalue weighted by atomic mass is 10.3. The standard InChI is InChI=1S/C17H19NO3/c1-3-20-15-9-11-16(12-10-15)21-13(2)17(19)18-14-7-5-4-6-8-14/h4-13H,3H2,1-2H3,(H,18,19). The smallest absolute Gasteiger partial charge is 0.265 e. The molecule has 110 valence electrons. The fourth-order valence-electron chi connectivity index (χ4n) is 1.80. The maximum absolute atomic E-state index is 12.0. The zero-order chi connectivity index (χ0) is 15.1. The molecule has 4 heteroatoms. The molecule has 21 heavy (non-hydrogen) atoms. The number of hydrogen-bond donors (Lipinski definition) is 1. The fourth-order valence-corrected chi connectivity index (χ4v) is 1.80. The maximum Gasteiger partial charge on any atom is 0.265 e. The van der Waals surface area contributed by atoms with Crippen LogP contribution < -0.4 is 14.8 Å². The number of nitrogens with one attached hydrogen (secondary N) is 1. The Hall–Kier alpha value is -2.49. The van der Waals surface area contributed by atoms with Gasteiger partial charge in [0, 0.05) is 5.69 Å². The molecule has 1 unspecified atom stereocenters. The Morgan fingerprint density at radius 2 is 1.67 bits per heavy atom. The lowest BCUT2D eigenvalue weighted by molar-refractivity contribution is -0.122. The van der Waals surface area contributed by atoms with Crippen LogP contribution in [0.2, 0.25) is 0 Å². The Balaban J connectivity index is 1.91. The predicted octanol–water partition coefficient (Wildman–Crippen LogP) is 3.49. The third-order valence-corrected chi connectivity index (χ3v) is 2.86. The van der Waals surface area contributed by atoms with Gasteiger partial charge in [0.25, 0.3) is 5.91 Å². The van der Waals surface area contributed by atoms with E-state index in [1.165, 1.54) is 0 Å². The zero-order valence-corrected chi connectivity index (χ0v) is 12.2. The van der Waals surface area contributed by atoms with Gasteiger partial charge in [-0.1, -0.05) is 18.2 Å². The molecule has 1 N–H and O–H groups in total. The van der Waals surface area contributed by atoms with E-state index in [1.54, 1.807) is 19.1 Å². The molecule has 4 nitrogen and oxygen atoms in total. The minimum Gasteiger partial charge on any atom is -0.494 e. The topological polar surface area (TPSA) is 47.6 Å². The highest BCUT2D eigenvalue weighted by molar-refractivity contribution is 5.94. The third-order valence-electron chi connectivity index (χ3n) is 2.86. The zero-order valence-electron chi connectivity index (χ0n) is 12.2. The second kappa shape index (κ2) is 7.33. The molecule has 0 aliphatic carbocycles. The molecule has 0 spiro atoms. The molecule has 0 saturated heterocycles. The number of hydrogen-bond acceptors (Lipinski definition) is 3. The fraction of sp³-hybridized carbons (Fsp3) is 0.235. The monoisotopic (exact) mass is 285 g/mol. The SMILES string of the molecule is CCOc1ccc(OC(C)C(=O)Nc2ccccc2)cc1. The molecule has 0 saturated carbocycles. The van der Waals surface area contributed by atoms with Crippen molar-refractivity contribution in [2.75, 3.05) is 11.9 Å². The average molecular weight is 285 g/mol. The highest BCUT2D eigenvalue weighted by atomic mass is 16.5. The molecule has 0 aliphatic heterocycles. The molecule has 2 rings (SSSR count). The van der Waals surface area contributed by atoms with Gasteiger partial charge in [0.15, 0.2) is 6.10 Å². The van der Waals surface area contributed by atoms with Crippen LogP contribution in [0.4, 0.5) is 5.69 Å². The first-order valence-electron chi connectivity index (χ1n) is 6.94. The van der Waals surface area contributed by atoms with Gasteiger partial charge >= 0.3 is 0 Å². The van der Waals surface area contributed by atoms with E-state index in [0.717, 1.165) is 11.4 Å². The summed E-state index contributed by atoms with van der Waals surface area (Å²) in [6.07, 6.45) is -0.580. The number of rotatable bonds is 6. The first-order valence-corrected chi connectivity index (χ1v) is 6.94. The molecule has 2 aromatic carbocycles. The Morgan fingerprint density at radius 1 is 1.05 bits per heavy atom. The van der Waals surface area contributed by atoms with Crippen molar-refractivity contribution in [3.05, 3.63) is 54.6 Å². The average Bonchev–Trinajstić information content (AvgIpc) is 2.50. The predicted molar refractivity (Wildman–Crippen MR) is 82.8 cm³/mol. The summed E-state index contributed by atoms with van der Waals surface area (Å²) < 4.78 is 11.0. The second-order valence-electron chi connectivity index (χ2n) is 4.52. The van der Waals surface area contributed by atoms with E-state index in [2.05, 4.69) is 5.32 Å². The molecule has 0 bridgehead atoms. The Labute approximate surface area is 124 Å². The van der Waals surface area contributed by atoms with Crippen molar-refractivity contribution in [2.45, 2.75) is 20.0 Å². The van der Waals surface area contributed by atoms with Crippen LogP contribution in [-0.2, 0) is 4.79 Å². The first-order chi connectivity index (χ1) is 10.2. The first kappa shape index (κ1) is 14.9. The highest BCUT2D eigenvalue weighted by Gasteiger charge is 2.14. The molecule has 0 heterocycles. The molecular formula is C17H19NO3. The summed E-state index contributed by atoms with van der Waals surface area (Å²) in [5.41, 5.74) is 0.754. The Morgan fingerprint density at radius 3 is 2.29 bits per heavy atom.